The predicted molar refractivity (Wildman–Crippen MR) is 80.1 cm³/mol. The van der Waals surface area contributed by atoms with Crippen molar-refractivity contribution in [1.29, 1.82) is 0 Å². The van der Waals surface area contributed by atoms with E-state index in [9.17, 15) is 4.79 Å². The maximum atomic E-state index is 11.4. The molecule has 0 saturated heterocycles. The summed E-state index contributed by atoms with van der Waals surface area (Å²) in [6, 6.07) is 6.18. The van der Waals surface area contributed by atoms with Crippen molar-refractivity contribution in [2.45, 2.75) is 33.3 Å². The van der Waals surface area contributed by atoms with E-state index in [1.54, 1.807) is 0 Å². The number of thiol groups is 1. The molecular weight excluding hydrogens is 256 g/mol. The van der Waals surface area contributed by atoms with Crippen LogP contribution in [0.2, 0.25) is 0 Å². The van der Waals surface area contributed by atoms with Crippen LogP contribution in [-0.2, 0) is 16.1 Å². The van der Waals surface area contributed by atoms with Gasteiger partial charge in [0.2, 0.25) is 5.12 Å². The molecule has 0 N–H and O–H groups in total. The van der Waals surface area contributed by atoms with E-state index in [2.05, 4.69) is 38.6 Å². The van der Waals surface area contributed by atoms with Gasteiger partial charge in [0.05, 0.1) is 5.57 Å². The van der Waals surface area contributed by atoms with Crippen LogP contribution in [0.4, 0.5) is 0 Å². The second kappa shape index (κ2) is 6.11. The monoisotopic (exact) mass is 274 g/mol. The first-order chi connectivity index (χ1) is 9.09. The van der Waals surface area contributed by atoms with E-state index in [4.69, 9.17) is 4.74 Å². The molecule has 0 atom stereocenters. The van der Waals surface area contributed by atoms with Gasteiger partial charge in [-0.1, -0.05) is 24.3 Å². The van der Waals surface area contributed by atoms with Crippen molar-refractivity contribution in [3.8, 4) is 0 Å². The fourth-order valence-electron chi connectivity index (χ4n) is 2.21. The Kier molecular flexibility index (Phi) is 4.48. The molecule has 1 aliphatic rings. The molecule has 19 heavy (non-hydrogen) atoms. The Bertz CT molecular complexity index is 536. The van der Waals surface area contributed by atoms with Gasteiger partial charge in [0.1, 0.15) is 12.4 Å². The molecule has 1 aromatic rings. The summed E-state index contributed by atoms with van der Waals surface area (Å²) in [7, 11) is 0. The van der Waals surface area contributed by atoms with E-state index in [0.717, 1.165) is 12.8 Å². The van der Waals surface area contributed by atoms with Crippen molar-refractivity contribution in [2.75, 3.05) is 0 Å². The number of benzene rings is 1. The number of hydrogen-bond donors (Lipinski definition) is 1. The summed E-state index contributed by atoms with van der Waals surface area (Å²) in [5, 5.41) is -0.229. The van der Waals surface area contributed by atoms with Gasteiger partial charge in [-0.05, 0) is 49.5 Å². The van der Waals surface area contributed by atoms with Gasteiger partial charge in [0, 0.05) is 0 Å². The van der Waals surface area contributed by atoms with Gasteiger partial charge in [-0.15, -0.1) is 12.6 Å². The van der Waals surface area contributed by atoms with Crippen molar-refractivity contribution in [3.05, 3.63) is 58.4 Å². The quantitative estimate of drug-likeness (QED) is 0.843. The topological polar surface area (TPSA) is 26.3 Å². The average Bonchev–Trinajstić information content (AvgIpc) is 2.38. The molecule has 0 heterocycles. The maximum Gasteiger partial charge on any atom is 0.219 e. The molecule has 0 spiro atoms. The number of rotatable bonds is 4. The first kappa shape index (κ1) is 13.9. The Morgan fingerprint density at radius 2 is 1.84 bits per heavy atom. The van der Waals surface area contributed by atoms with Crippen molar-refractivity contribution < 1.29 is 9.53 Å². The molecule has 100 valence electrons. The zero-order valence-electron chi connectivity index (χ0n) is 11.3. The van der Waals surface area contributed by atoms with Gasteiger partial charge in [-0.3, -0.25) is 4.79 Å². The summed E-state index contributed by atoms with van der Waals surface area (Å²) in [5.41, 5.74) is 4.18. The third-order valence-corrected chi connectivity index (χ3v) is 3.60. The minimum atomic E-state index is -0.229. The predicted octanol–water partition coefficient (Wildman–Crippen LogP) is 3.88. The second-order valence-corrected chi connectivity index (χ2v) is 5.13. The highest BCUT2D eigenvalue weighted by atomic mass is 32.1. The minimum absolute atomic E-state index is 0.229. The van der Waals surface area contributed by atoms with Crippen molar-refractivity contribution in [3.63, 3.8) is 0 Å². The first-order valence-corrected chi connectivity index (χ1v) is 6.86. The van der Waals surface area contributed by atoms with E-state index in [-0.39, 0.29) is 5.12 Å². The zero-order valence-corrected chi connectivity index (χ0v) is 12.2. The lowest BCUT2D eigenvalue weighted by molar-refractivity contribution is -0.107. The van der Waals surface area contributed by atoms with Gasteiger partial charge in [0.25, 0.3) is 0 Å². The van der Waals surface area contributed by atoms with E-state index in [1.165, 1.54) is 16.7 Å². The normalized spacial score (nSPS) is 14.7. The Hall–Kier alpha value is -1.48. The van der Waals surface area contributed by atoms with Crippen molar-refractivity contribution in [2.24, 2.45) is 0 Å². The summed E-state index contributed by atoms with van der Waals surface area (Å²) in [5.74, 6) is 0.661. The van der Waals surface area contributed by atoms with Gasteiger partial charge in [0.15, 0.2) is 0 Å². The van der Waals surface area contributed by atoms with E-state index in [1.807, 2.05) is 18.2 Å². The summed E-state index contributed by atoms with van der Waals surface area (Å²) in [6.45, 7) is 4.63. The number of carbonyl (C=O) groups excluding carboxylic acids is 1. The van der Waals surface area contributed by atoms with Crippen LogP contribution in [0.5, 0.6) is 0 Å². The molecule has 2 rings (SSSR count). The first-order valence-electron chi connectivity index (χ1n) is 6.41. The SMILES string of the molecule is Cc1cccc(C)c1COC1=CCCC=C1C(=O)S. The van der Waals surface area contributed by atoms with Gasteiger partial charge in [-0.25, -0.2) is 0 Å². The average molecular weight is 274 g/mol. The number of carbonyl (C=O) groups is 1. The Labute approximate surface area is 119 Å². The van der Waals surface area contributed by atoms with Crippen LogP contribution in [0.15, 0.2) is 41.7 Å². The lowest BCUT2D eigenvalue weighted by Crippen LogP contribution is -2.07. The van der Waals surface area contributed by atoms with Crippen LogP contribution < -0.4 is 0 Å². The zero-order chi connectivity index (χ0) is 13.8. The fourth-order valence-corrected chi connectivity index (χ4v) is 2.41. The van der Waals surface area contributed by atoms with Crippen LogP contribution in [0.1, 0.15) is 29.5 Å². The lowest BCUT2D eigenvalue weighted by atomic mass is 10.0. The molecule has 1 aromatic carbocycles. The molecule has 2 nitrogen and oxygen atoms in total. The summed E-state index contributed by atoms with van der Waals surface area (Å²) < 4.78 is 5.83. The Balaban J connectivity index is 2.12. The molecule has 1 aliphatic carbocycles. The van der Waals surface area contributed by atoms with E-state index < -0.39 is 0 Å². The number of allylic oxidation sites excluding steroid dienone is 3. The Morgan fingerprint density at radius 3 is 2.47 bits per heavy atom. The molecule has 3 heteroatoms. The van der Waals surface area contributed by atoms with Crippen LogP contribution in [0.3, 0.4) is 0 Å². The smallest absolute Gasteiger partial charge is 0.219 e. The molecule has 0 unspecified atom stereocenters. The third kappa shape index (κ3) is 3.29. The largest absolute Gasteiger partial charge is 0.488 e. The number of hydrogen-bond acceptors (Lipinski definition) is 2. The van der Waals surface area contributed by atoms with Crippen LogP contribution in [-0.4, -0.2) is 5.12 Å². The molecule has 0 fully saturated rings. The molecule has 0 aliphatic heterocycles. The lowest BCUT2D eigenvalue weighted by Gasteiger charge is -2.17. The van der Waals surface area contributed by atoms with Crippen LogP contribution in [0, 0.1) is 13.8 Å². The Morgan fingerprint density at radius 1 is 1.21 bits per heavy atom. The summed E-state index contributed by atoms with van der Waals surface area (Å²) in [4.78, 5) is 11.4. The highest BCUT2D eigenvalue weighted by Gasteiger charge is 2.16. The van der Waals surface area contributed by atoms with Gasteiger partial charge in [-0.2, -0.15) is 0 Å². The maximum absolute atomic E-state index is 11.4. The standard InChI is InChI=1S/C16H18O2S/c1-11-6-5-7-12(2)14(11)10-18-15-9-4-3-8-13(15)16(17)19/h5-9H,3-4,10H2,1-2H3,(H,17,19). The molecule has 0 radical (unpaired) electrons. The molecule has 0 bridgehead atoms. The summed E-state index contributed by atoms with van der Waals surface area (Å²) in [6.07, 6.45) is 5.65. The highest BCUT2D eigenvalue weighted by molar-refractivity contribution is 7.97. The highest BCUT2D eigenvalue weighted by Crippen LogP contribution is 2.24. The van der Waals surface area contributed by atoms with E-state index >= 15 is 0 Å². The molecule has 0 amide bonds. The van der Waals surface area contributed by atoms with Crippen LogP contribution >= 0.6 is 12.6 Å². The van der Waals surface area contributed by atoms with Crippen molar-refractivity contribution >= 4 is 17.7 Å². The van der Waals surface area contributed by atoms with Gasteiger partial charge >= 0.3 is 0 Å². The van der Waals surface area contributed by atoms with Crippen LogP contribution in [0.25, 0.3) is 0 Å². The summed E-state index contributed by atoms with van der Waals surface area (Å²) >= 11 is 3.89. The molecule has 0 saturated carbocycles. The van der Waals surface area contributed by atoms with Crippen molar-refractivity contribution in [1.82, 2.24) is 0 Å². The number of ether oxygens (including phenoxy) is 1. The number of aryl methyl sites for hydroxylation is 2. The third-order valence-electron chi connectivity index (χ3n) is 3.36. The molecular formula is C16H18O2S. The minimum Gasteiger partial charge on any atom is -0.488 e. The fraction of sp³-hybridized carbons (Fsp3) is 0.312. The second-order valence-electron chi connectivity index (χ2n) is 4.73. The molecule has 0 aromatic heterocycles. The van der Waals surface area contributed by atoms with E-state index in [0.29, 0.717) is 17.9 Å². The van der Waals surface area contributed by atoms with Gasteiger partial charge < -0.3 is 4.74 Å².